The van der Waals surface area contributed by atoms with Gasteiger partial charge in [-0.2, -0.15) is 0 Å². The number of hydrogen-bond acceptors (Lipinski definition) is 3. The number of carbonyl (C=O) groups excluding carboxylic acids is 1. The number of amides is 1. The minimum atomic E-state index is -0.383. The first-order valence-corrected chi connectivity index (χ1v) is 10.9. The van der Waals surface area contributed by atoms with E-state index in [0.29, 0.717) is 18.3 Å². The van der Waals surface area contributed by atoms with Gasteiger partial charge in [0.05, 0.1) is 12.2 Å². The lowest BCUT2D eigenvalue weighted by Gasteiger charge is -2.19. The van der Waals surface area contributed by atoms with E-state index in [1.54, 1.807) is 4.90 Å². The van der Waals surface area contributed by atoms with Gasteiger partial charge in [0.25, 0.3) is 0 Å². The van der Waals surface area contributed by atoms with Crippen LogP contribution in [0.2, 0.25) is 0 Å². The predicted molar refractivity (Wildman–Crippen MR) is 110 cm³/mol. The lowest BCUT2D eigenvalue weighted by molar-refractivity contribution is -0.128. The van der Waals surface area contributed by atoms with Crippen LogP contribution in [-0.4, -0.2) is 47.3 Å². The average Bonchev–Trinajstić information content (AvgIpc) is 3.13. The Morgan fingerprint density at radius 3 is 2.78 bits per heavy atom. The fraction of sp³-hybridized carbons (Fsp3) is 0.783. The smallest absolute Gasteiger partial charge is 0.222 e. The number of fused-ring (bicyclic) bond motifs is 1. The van der Waals surface area contributed by atoms with E-state index < -0.39 is 0 Å². The van der Waals surface area contributed by atoms with Crippen molar-refractivity contribution in [3.63, 3.8) is 0 Å². The third-order valence-corrected chi connectivity index (χ3v) is 6.25. The molecule has 2 aliphatic carbocycles. The highest BCUT2D eigenvalue weighted by atomic mass is 16.3. The number of nitrogens with zero attached hydrogens (tertiary/aromatic N) is 1. The molecule has 27 heavy (non-hydrogen) atoms. The van der Waals surface area contributed by atoms with Crippen molar-refractivity contribution in [1.82, 2.24) is 4.90 Å². The Kier molecular flexibility index (Phi) is 9.04. The number of aliphatic hydroxyl groups excluding tert-OH is 2. The van der Waals surface area contributed by atoms with E-state index in [1.807, 2.05) is 20.2 Å². The summed E-state index contributed by atoms with van der Waals surface area (Å²) >= 11 is 0. The first-order valence-electron chi connectivity index (χ1n) is 10.9. The van der Waals surface area contributed by atoms with Crippen molar-refractivity contribution in [2.75, 3.05) is 14.1 Å². The van der Waals surface area contributed by atoms with Crippen LogP contribution >= 0.6 is 0 Å². The van der Waals surface area contributed by atoms with Gasteiger partial charge in [0.15, 0.2) is 0 Å². The van der Waals surface area contributed by atoms with Crippen molar-refractivity contribution >= 4 is 5.91 Å². The molecule has 2 N–H and O–H groups in total. The molecule has 0 bridgehead atoms. The number of aliphatic hydroxyl groups is 2. The van der Waals surface area contributed by atoms with Crippen LogP contribution in [0.5, 0.6) is 0 Å². The fourth-order valence-electron chi connectivity index (χ4n) is 4.60. The number of rotatable bonds is 11. The van der Waals surface area contributed by atoms with Crippen LogP contribution in [0.15, 0.2) is 23.8 Å². The Bertz CT molecular complexity index is 526. The summed E-state index contributed by atoms with van der Waals surface area (Å²) in [5.41, 5.74) is 1.50. The molecule has 0 aliphatic heterocycles. The van der Waals surface area contributed by atoms with E-state index in [4.69, 9.17) is 0 Å². The molecule has 5 atom stereocenters. The molecule has 4 nitrogen and oxygen atoms in total. The molecule has 2 unspecified atom stereocenters. The summed E-state index contributed by atoms with van der Waals surface area (Å²) in [6.07, 6.45) is 15.5. The van der Waals surface area contributed by atoms with Crippen molar-refractivity contribution in [2.24, 2.45) is 17.8 Å². The van der Waals surface area contributed by atoms with Gasteiger partial charge in [0.2, 0.25) is 5.91 Å². The normalized spacial score (nSPS) is 28.4. The molecule has 1 fully saturated rings. The van der Waals surface area contributed by atoms with E-state index in [9.17, 15) is 15.0 Å². The predicted octanol–water partition coefficient (Wildman–Crippen LogP) is 4.08. The second-order valence-corrected chi connectivity index (χ2v) is 8.68. The van der Waals surface area contributed by atoms with Crippen LogP contribution in [0.25, 0.3) is 0 Å². The van der Waals surface area contributed by atoms with Crippen LogP contribution in [0.3, 0.4) is 0 Å². The van der Waals surface area contributed by atoms with Gasteiger partial charge >= 0.3 is 0 Å². The van der Waals surface area contributed by atoms with Crippen molar-refractivity contribution in [2.45, 2.75) is 83.3 Å². The molecule has 0 spiro atoms. The second-order valence-electron chi connectivity index (χ2n) is 8.68. The highest BCUT2D eigenvalue weighted by Crippen LogP contribution is 2.48. The van der Waals surface area contributed by atoms with Gasteiger partial charge in [-0.1, -0.05) is 50.0 Å². The zero-order valence-electron chi connectivity index (χ0n) is 17.4. The molecule has 2 rings (SSSR count). The highest BCUT2D eigenvalue weighted by Gasteiger charge is 2.43. The Hall–Kier alpha value is -1.13. The number of unbranched alkanes of at least 4 members (excludes halogenated alkanes) is 3. The van der Waals surface area contributed by atoms with E-state index in [-0.39, 0.29) is 24.0 Å². The third-order valence-electron chi connectivity index (χ3n) is 6.25. The van der Waals surface area contributed by atoms with E-state index in [0.717, 1.165) is 51.4 Å². The van der Waals surface area contributed by atoms with Crippen LogP contribution in [-0.2, 0) is 4.79 Å². The van der Waals surface area contributed by atoms with Gasteiger partial charge in [-0.05, 0) is 50.4 Å². The molecule has 0 aromatic rings. The zero-order chi connectivity index (χ0) is 19.8. The maximum absolute atomic E-state index is 11.6. The lowest BCUT2D eigenvalue weighted by Crippen LogP contribution is -2.21. The van der Waals surface area contributed by atoms with Gasteiger partial charge in [-0.15, -0.1) is 0 Å². The number of carbonyl (C=O) groups is 1. The number of hydrogen-bond donors (Lipinski definition) is 2. The van der Waals surface area contributed by atoms with Crippen LogP contribution in [0, 0.1) is 17.8 Å². The summed E-state index contributed by atoms with van der Waals surface area (Å²) in [4.78, 5) is 13.3. The van der Waals surface area contributed by atoms with E-state index >= 15 is 0 Å². The zero-order valence-corrected chi connectivity index (χ0v) is 17.4. The Balaban J connectivity index is 1.76. The molecule has 4 heteroatoms. The first kappa shape index (κ1) is 22.2. The second kappa shape index (κ2) is 11.0. The minimum absolute atomic E-state index is 0.167. The molecule has 154 valence electrons. The summed E-state index contributed by atoms with van der Waals surface area (Å²) in [6, 6.07) is 0. The van der Waals surface area contributed by atoms with Crippen molar-refractivity contribution in [1.29, 1.82) is 0 Å². The SMILES string of the molecule is CCCCC[C@H](O)/C=C/C1[C@H]2CC(CCCCC(=O)N(C)C)=CC2C[C@H]1O. The third kappa shape index (κ3) is 6.76. The quantitative estimate of drug-likeness (QED) is 0.421. The molecule has 0 heterocycles. The molecule has 0 aromatic heterocycles. The molecule has 0 radical (unpaired) electrons. The maximum Gasteiger partial charge on any atom is 0.222 e. The van der Waals surface area contributed by atoms with Crippen LogP contribution < -0.4 is 0 Å². The standard InChI is InChI=1S/C23H39NO3/c1-4-5-6-10-19(25)12-13-20-21-15-17(14-18(21)16-22(20)26)9-7-8-11-23(27)24(2)3/h12-14,18-22,25-26H,4-11,15-16H2,1-3H3/b13-12+/t18?,19-,20?,21-,22+/m0/s1. The Labute approximate surface area is 165 Å². The molecule has 0 aromatic carbocycles. The lowest BCUT2D eigenvalue weighted by atomic mass is 9.88. The Morgan fingerprint density at radius 2 is 2.07 bits per heavy atom. The van der Waals surface area contributed by atoms with Gasteiger partial charge < -0.3 is 15.1 Å². The summed E-state index contributed by atoms with van der Waals surface area (Å²) in [6.45, 7) is 2.17. The van der Waals surface area contributed by atoms with Gasteiger partial charge in [0, 0.05) is 26.4 Å². The average molecular weight is 378 g/mol. The first-order chi connectivity index (χ1) is 12.9. The molecule has 1 amide bonds. The highest BCUT2D eigenvalue weighted by molar-refractivity contribution is 5.75. The van der Waals surface area contributed by atoms with Gasteiger partial charge in [0.1, 0.15) is 0 Å². The monoisotopic (exact) mass is 377 g/mol. The minimum Gasteiger partial charge on any atom is -0.392 e. The molecular formula is C23H39NO3. The topological polar surface area (TPSA) is 60.8 Å². The van der Waals surface area contributed by atoms with E-state index in [1.165, 1.54) is 12.0 Å². The van der Waals surface area contributed by atoms with Crippen LogP contribution in [0.4, 0.5) is 0 Å². The van der Waals surface area contributed by atoms with E-state index in [2.05, 4.69) is 19.1 Å². The summed E-state index contributed by atoms with van der Waals surface area (Å²) in [7, 11) is 3.62. The summed E-state index contributed by atoms with van der Waals surface area (Å²) in [5.74, 6) is 1.33. The maximum atomic E-state index is 11.6. The molecular weight excluding hydrogens is 338 g/mol. The van der Waals surface area contributed by atoms with Crippen molar-refractivity contribution in [3.8, 4) is 0 Å². The molecule has 1 saturated carbocycles. The fourth-order valence-corrected chi connectivity index (χ4v) is 4.60. The summed E-state index contributed by atoms with van der Waals surface area (Å²) in [5, 5.41) is 20.6. The van der Waals surface area contributed by atoms with Gasteiger partial charge in [-0.25, -0.2) is 0 Å². The Morgan fingerprint density at radius 1 is 1.30 bits per heavy atom. The largest absolute Gasteiger partial charge is 0.392 e. The molecule has 0 saturated heterocycles. The molecule has 2 aliphatic rings. The van der Waals surface area contributed by atoms with Crippen molar-refractivity contribution in [3.05, 3.63) is 23.8 Å². The van der Waals surface area contributed by atoms with Crippen LogP contribution in [0.1, 0.15) is 71.1 Å². The summed E-state index contributed by atoms with van der Waals surface area (Å²) < 4.78 is 0. The van der Waals surface area contributed by atoms with Gasteiger partial charge in [-0.3, -0.25) is 4.79 Å². The van der Waals surface area contributed by atoms with Crippen molar-refractivity contribution < 1.29 is 15.0 Å². The number of allylic oxidation sites excluding steroid dienone is 2.